The number of hydrogen-bond donors (Lipinski definition) is 0. The Morgan fingerprint density at radius 2 is 2.00 bits per heavy atom. The van der Waals surface area contributed by atoms with Gasteiger partial charge in [-0.2, -0.15) is 0 Å². The van der Waals surface area contributed by atoms with Gasteiger partial charge >= 0.3 is 0 Å². The van der Waals surface area contributed by atoms with Gasteiger partial charge in [-0.25, -0.2) is 9.37 Å². The van der Waals surface area contributed by atoms with Crippen LogP contribution in [-0.4, -0.2) is 18.1 Å². The first kappa shape index (κ1) is 8.48. The SMILES string of the molecule is Fc1ccnc(N2CCCCC2)c1. The van der Waals surface area contributed by atoms with Crippen LogP contribution in [0.2, 0.25) is 0 Å². The van der Waals surface area contributed by atoms with Crippen molar-refractivity contribution in [2.45, 2.75) is 19.3 Å². The minimum atomic E-state index is -0.199. The summed E-state index contributed by atoms with van der Waals surface area (Å²) in [6, 6.07) is 2.89. The van der Waals surface area contributed by atoms with Crippen molar-refractivity contribution >= 4 is 5.82 Å². The molecule has 0 unspecified atom stereocenters. The van der Waals surface area contributed by atoms with Crippen molar-refractivity contribution in [2.24, 2.45) is 0 Å². The molecule has 1 aromatic heterocycles. The van der Waals surface area contributed by atoms with E-state index in [1.165, 1.54) is 37.6 Å². The predicted molar refractivity (Wildman–Crippen MR) is 50.3 cm³/mol. The average molecular weight is 180 g/mol. The van der Waals surface area contributed by atoms with Crippen molar-refractivity contribution in [2.75, 3.05) is 18.0 Å². The summed E-state index contributed by atoms with van der Waals surface area (Å²) in [5, 5.41) is 0. The third-order valence-electron chi connectivity index (χ3n) is 2.39. The molecule has 0 amide bonds. The summed E-state index contributed by atoms with van der Waals surface area (Å²) in [5.41, 5.74) is 0. The van der Waals surface area contributed by atoms with Gasteiger partial charge in [0.1, 0.15) is 11.6 Å². The number of halogens is 1. The van der Waals surface area contributed by atoms with Crippen LogP contribution in [0.1, 0.15) is 19.3 Å². The summed E-state index contributed by atoms with van der Waals surface area (Å²) in [4.78, 5) is 6.29. The van der Waals surface area contributed by atoms with E-state index in [0.29, 0.717) is 0 Å². The second-order valence-electron chi connectivity index (χ2n) is 3.38. The lowest BCUT2D eigenvalue weighted by molar-refractivity contribution is 0.568. The van der Waals surface area contributed by atoms with Crippen molar-refractivity contribution in [3.8, 4) is 0 Å². The molecule has 0 saturated carbocycles. The fourth-order valence-electron chi connectivity index (χ4n) is 1.69. The minimum absolute atomic E-state index is 0.199. The van der Waals surface area contributed by atoms with Gasteiger partial charge in [0.15, 0.2) is 0 Å². The average Bonchev–Trinajstić information content (AvgIpc) is 2.19. The summed E-state index contributed by atoms with van der Waals surface area (Å²) in [7, 11) is 0. The van der Waals surface area contributed by atoms with Crippen molar-refractivity contribution in [1.82, 2.24) is 4.98 Å². The third kappa shape index (κ3) is 1.97. The van der Waals surface area contributed by atoms with Gasteiger partial charge in [0.25, 0.3) is 0 Å². The molecule has 1 aliphatic heterocycles. The Hall–Kier alpha value is -1.12. The fourth-order valence-corrected chi connectivity index (χ4v) is 1.69. The normalized spacial score (nSPS) is 17.5. The maximum Gasteiger partial charge on any atom is 0.131 e. The van der Waals surface area contributed by atoms with E-state index in [1.807, 2.05) is 0 Å². The first-order chi connectivity index (χ1) is 6.36. The van der Waals surface area contributed by atoms with Crippen LogP contribution >= 0.6 is 0 Å². The number of pyridine rings is 1. The third-order valence-corrected chi connectivity index (χ3v) is 2.39. The van der Waals surface area contributed by atoms with Crippen molar-refractivity contribution < 1.29 is 4.39 Å². The smallest absolute Gasteiger partial charge is 0.131 e. The highest BCUT2D eigenvalue weighted by Crippen LogP contribution is 2.17. The van der Waals surface area contributed by atoms with E-state index >= 15 is 0 Å². The molecule has 2 heterocycles. The molecular formula is C10H13FN2. The van der Waals surface area contributed by atoms with Gasteiger partial charge in [0.2, 0.25) is 0 Å². The van der Waals surface area contributed by atoms with Crippen molar-refractivity contribution in [3.63, 3.8) is 0 Å². The molecular weight excluding hydrogens is 167 g/mol. The van der Waals surface area contributed by atoms with Gasteiger partial charge in [0.05, 0.1) is 0 Å². The second-order valence-corrected chi connectivity index (χ2v) is 3.38. The summed E-state index contributed by atoms with van der Waals surface area (Å²) in [6.07, 6.45) is 5.20. The monoisotopic (exact) mass is 180 g/mol. The fraction of sp³-hybridized carbons (Fsp3) is 0.500. The number of piperidine rings is 1. The van der Waals surface area contributed by atoms with E-state index in [0.717, 1.165) is 18.9 Å². The molecule has 0 N–H and O–H groups in total. The molecule has 70 valence electrons. The molecule has 0 spiro atoms. The molecule has 1 saturated heterocycles. The Morgan fingerprint density at radius 1 is 1.23 bits per heavy atom. The summed E-state index contributed by atoms with van der Waals surface area (Å²) in [5.74, 6) is 0.579. The second kappa shape index (κ2) is 3.73. The molecule has 0 radical (unpaired) electrons. The molecule has 3 heteroatoms. The molecule has 0 aliphatic carbocycles. The molecule has 2 rings (SSSR count). The van der Waals surface area contributed by atoms with Crippen LogP contribution in [0, 0.1) is 5.82 Å². The highest BCUT2D eigenvalue weighted by molar-refractivity contribution is 5.38. The van der Waals surface area contributed by atoms with Gasteiger partial charge in [-0.1, -0.05) is 0 Å². The number of hydrogen-bond acceptors (Lipinski definition) is 2. The van der Waals surface area contributed by atoms with Crippen LogP contribution in [0.15, 0.2) is 18.3 Å². The van der Waals surface area contributed by atoms with E-state index in [4.69, 9.17) is 0 Å². The molecule has 1 aromatic rings. The van der Waals surface area contributed by atoms with Crippen molar-refractivity contribution in [3.05, 3.63) is 24.1 Å². The number of rotatable bonds is 1. The predicted octanol–water partition coefficient (Wildman–Crippen LogP) is 2.21. The standard InChI is InChI=1S/C10H13FN2/c11-9-4-5-12-10(8-9)13-6-2-1-3-7-13/h4-5,8H,1-3,6-7H2. The highest BCUT2D eigenvalue weighted by atomic mass is 19.1. The lowest BCUT2D eigenvalue weighted by Gasteiger charge is -2.27. The van der Waals surface area contributed by atoms with E-state index < -0.39 is 0 Å². The maximum absolute atomic E-state index is 12.9. The molecule has 1 fully saturated rings. The van der Waals surface area contributed by atoms with Crippen LogP contribution in [0.3, 0.4) is 0 Å². The van der Waals surface area contributed by atoms with Gasteiger partial charge in [-0.05, 0) is 25.3 Å². The zero-order chi connectivity index (χ0) is 9.10. The first-order valence-corrected chi connectivity index (χ1v) is 4.73. The Kier molecular flexibility index (Phi) is 2.43. The summed E-state index contributed by atoms with van der Waals surface area (Å²) in [6.45, 7) is 2.02. The number of anilines is 1. The van der Waals surface area contributed by atoms with Crippen LogP contribution in [0.25, 0.3) is 0 Å². The van der Waals surface area contributed by atoms with Crippen LogP contribution in [0.4, 0.5) is 10.2 Å². The van der Waals surface area contributed by atoms with Gasteiger partial charge in [-0.15, -0.1) is 0 Å². The Labute approximate surface area is 77.4 Å². The van der Waals surface area contributed by atoms with Gasteiger partial charge in [0, 0.05) is 25.4 Å². The van der Waals surface area contributed by atoms with Crippen LogP contribution < -0.4 is 4.90 Å². The Morgan fingerprint density at radius 3 is 2.69 bits per heavy atom. The highest BCUT2D eigenvalue weighted by Gasteiger charge is 2.11. The zero-order valence-electron chi connectivity index (χ0n) is 7.54. The summed E-state index contributed by atoms with van der Waals surface area (Å²) < 4.78 is 12.9. The molecule has 0 aromatic carbocycles. The maximum atomic E-state index is 12.9. The Bertz CT molecular complexity index is 282. The number of nitrogens with zero attached hydrogens (tertiary/aromatic N) is 2. The van der Waals surface area contributed by atoms with Gasteiger partial charge < -0.3 is 4.90 Å². The van der Waals surface area contributed by atoms with E-state index in [-0.39, 0.29) is 5.82 Å². The largest absolute Gasteiger partial charge is 0.357 e. The minimum Gasteiger partial charge on any atom is -0.357 e. The molecule has 0 bridgehead atoms. The van der Waals surface area contributed by atoms with Crippen molar-refractivity contribution in [1.29, 1.82) is 0 Å². The molecule has 1 aliphatic rings. The molecule has 13 heavy (non-hydrogen) atoms. The van der Waals surface area contributed by atoms with E-state index in [2.05, 4.69) is 9.88 Å². The summed E-state index contributed by atoms with van der Waals surface area (Å²) >= 11 is 0. The Balaban J connectivity index is 2.14. The lowest BCUT2D eigenvalue weighted by Crippen LogP contribution is -2.30. The number of aromatic nitrogens is 1. The first-order valence-electron chi connectivity index (χ1n) is 4.73. The molecule has 0 atom stereocenters. The van der Waals surface area contributed by atoms with Crippen LogP contribution in [0.5, 0.6) is 0 Å². The van der Waals surface area contributed by atoms with Crippen LogP contribution in [-0.2, 0) is 0 Å². The van der Waals surface area contributed by atoms with Gasteiger partial charge in [-0.3, -0.25) is 0 Å². The lowest BCUT2D eigenvalue weighted by atomic mass is 10.1. The molecule has 2 nitrogen and oxygen atoms in total. The van der Waals surface area contributed by atoms with E-state index in [9.17, 15) is 4.39 Å². The topological polar surface area (TPSA) is 16.1 Å². The zero-order valence-corrected chi connectivity index (χ0v) is 7.54. The quantitative estimate of drug-likeness (QED) is 0.658. The van der Waals surface area contributed by atoms with E-state index in [1.54, 1.807) is 0 Å².